The summed E-state index contributed by atoms with van der Waals surface area (Å²) in [6.45, 7) is 11.0. The average molecular weight is 344 g/mol. The summed E-state index contributed by atoms with van der Waals surface area (Å²) in [5.74, 6) is 2.35. The molecule has 0 aromatic carbocycles. The van der Waals surface area contributed by atoms with Crippen LogP contribution >= 0.6 is 0 Å². The van der Waals surface area contributed by atoms with Gasteiger partial charge in [0.2, 0.25) is 5.91 Å². The molecule has 0 bridgehead atoms. The molecule has 0 saturated heterocycles. The topological polar surface area (TPSA) is 88.5 Å². The first-order valence-corrected chi connectivity index (χ1v) is 9.06. The van der Waals surface area contributed by atoms with Crippen molar-refractivity contribution in [1.29, 1.82) is 0 Å². The molecule has 1 fully saturated rings. The maximum absolute atomic E-state index is 12.6. The molecule has 1 aliphatic rings. The van der Waals surface area contributed by atoms with Crippen LogP contribution in [0.25, 0.3) is 0 Å². The molecule has 0 spiro atoms. The van der Waals surface area contributed by atoms with Crippen LogP contribution in [0, 0.1) is 32.6 Å². The van der Waals surface area contributed by atoms with E-state index in [9.17, 15) is 4.79 Å². The molecular weight excluding hydrogens is 316 g/mol. The van der Waals surface area contributed by atoms with Crippen molar-refractivity contribution in [3.05, 3.63) is 28.6 Å². The van der Waals surface area contributed by atoms with Gasteiger partial charge in [-0.3, -0.25) is 14.6 Å². The summed E-state index contributed by atoms with van der Waals surface area (Å²) in [6.07, 6.45) is 2.93. The predicted molar refractivity (Wildman–Crippen MR) is 95.0 cm³/mol. The van der Waals surface area contributed by atoms with E-state index < -0.39 is 0 Å². The van der Waals surface area contributed by atoms with Crippen LogP contribution in [-0.2, 0) is 17.8 Å². The van der Waals surface area contributed by atoms with Gasteiger partial charge in [-0.2, -0.15) is 10.2 Å². The number of nitrogens with one attached hydrogen (secondary N) is 2. The third-order valence-corrected chi connectivity index (χ3v) is 4.87. The van der Waals surface area contributed by atoms with Crippen molar-refractivity contribution in [1.82, 2.24) is 30.3 Å². The Morgan fingerprint density at radius 3 is 2.60 bits per heavy atom. The van der Waals surface area contributed by atoms with E-state index in [1.54, 1.807) is 0 Å². The summed E-state index contributed by atoms with van der Waals surface area (Å²) in [5.41, 5.74) is 3.09. The monoisotopic (exact) mass is 344 g/mol. The molecule has 0 aliphatic heterocycles. The Morgan fingerprint density at radius 1 is 1.32 bits per heavy atom. The van der Waals surface area contributed by atoms with E-state index in [0.29, 0.717) is 12.2 Å². The first-order valence-electron chi connectivity index (χ1n) is 9.06. The van der Waals surface area contributed by atoms with Crippen molar-refractivity contribution in [3.8, 4) is 0 Å². The van der Waals surface area contributed by atoms with Gasteiger partial charge in [0.1, 0.15) is 5.82 Å². The van der Waals surface area contributed by atoms with Gasteiger partial charge >= 0.3 is 0 Å². The molecule has 2 N–H and O–H groups in total. The van der Waals surface area contributed by atoms with Gasteiger partial charge in [-0.15, -0.1) is 0 Å². The second-order valence-corrected chi connectivity index (χ2v) is 7.52. The minimum atomic E-state index is -0.195. The summed E-state index contributed by atoms with van der Waals surface area (Å²) in [7, 11) is 0. The van der Waals surface area contributed by atoms with E-state index >= 15 is 0 Å². The van der Waals surface area contributed by atoms with Crippen LogP contribution in [0.4, 0.5) is 0 Å². The van der Waals surface area contributed by atoms with E-state index in [1.165, 1.54) is 12.8 Å². The van der Waals surface area contributed by atoms with Crippen molar-refractivity contribution in [2.24, 2.45) is 11.8 Å². The molecule has 1 unspecified atom stereocenters. The molecule has 2 heterocycles. The normalized spacial score (nSPS) is 15.6. The molecular formula is C18H28N6O. The van der Waals surface area contributed by atoms with Gasteiger partial charge in [0, 0.05) is 17.8 Å². The molecule has 1 saturated carbocycles. The van der Waals surface area contributed by atoms with Gasteiger partial charge in [-0.05, 0) is 45.4 Å². The lowest BCUT2D eigenvalue weighted by molar-refractivity contribution is -0.121. The molecule has 1 atom stereocenters. The lowest BCUT2D eigenvalue weighted by atomic mass is 10.0. The molecule has 1 aliphatic carbocycles. The van der Waals surface area contributed by atoms with E-state index in [2.05, 4.69) is 51.0 Å². The highest BCUT2D eigenvalue weighted by Gasteiger charge is 2.26. The Balaban J connectivity index is 1.69. The zero-order chi connectivity index (χ0) is 18.1. The fraction of sp³-hybridized carbons (Fsp3) is 0.667. The number of amides is 1. The van der Waals surface area contributed by atoms with E-state index in [4.69, 9.17) is 0 Å². The minimum Gasteiger partial charge on any atom is -0.345 e. The molecule has 25 heavy (non-hydrogen) atoms. The molecule has 1 amide bonds. The summed E-state index contributed by atoms with van der Waals surface area (Å²) >= 11 is 0. The van der Waals surface area contributed by atoms with Crippen molar-refractivity contribution < 1.29 is 4.79 Å². The number of carbonyl (C=O) groups is 1. The second kappa shape index (κ2) is 6.98. The molecule has 7 nitrogen and oxygen atoms in total. The lowest BCUT2D eigenvalue weighted by Crippen LogP contribution is -2.33. The zero-order valence-electron chi connectivity index (χ0n) is 15.8. The zero-order valence-corrected chi connectivity index (χ0v) is 15.8. The molecule has 3 rings (SSSR count). The maximum atomic E-state index is 12.6. The number of hydrogen-bond acceptors (Lipinski definition) is 4. The molecule has 0 radical (unpaired) electrons. The molecule has 2 aromatic heterocycles. The van der Waals surface area contributed by atoms with Gasteiger partial charge in [-0.1, -0.05) is 13.8 Å². The number of H-pyrrole nitrogens is 1. The quantitative estimate of drug-likeness (QED) is 0.807. The number of aromatic amines is 1. The Morgan fingerprint density at radius 2 is 2.04 bits per heavy atom. The van der Waals surface area contributed by atoms with E-state index in [-0.39, 0.29) is 17.9 Å². The van der Waals surface area contributed by atoms with Crippen molar-refractivity contribution >= 4 is 5.91 Å². The molecule has 2 aromatic rings. The minimum absolute atomic E-state index is 0.0154. The molecule has 7 heteroatoms. The SMILES string of the molecule is Cc1nc(C(NC(=O)Cc2c(C)nn(CC3CC3)c2C)C(C)C)n[nH]1. The Labute approximate surface area is 148 Å². The van der Waals surface area contributed by atoms with Crippen LogP contribution in [-0.4, -0.2) is 30.9 Å². The van der Waals surface area contributed by atoms with E-state index in [0.717, 1.165) is 35.2 Å². The maximum Gasteiger partial charge on any atom is 0.225 e. The van der Waals surface area contributed by atoms with Crippen molar-refractivity contribution in [3.63, 3.8) is 0 Å². The first kappa shape index (κ1) is 17.6. The Kier molecular flexibility index (Phi) is 4.92. The molecule has 136 valence electrons. The third-order valence-electron chi connectivity index (χ3n) is 4.87. The second-order valence-electron chi connectivity index (χ2n) is 7.52. The fourth-order valence-corrected chi connectivity index (χ4v) is 3.13. The summed E-state index contributed by atoms with van der Waals surface area (Å²) in [4.78, 5) is 17.0. The predicted octanol–water partition coefficient (Wildman–Crippen LogP) is 2.39. The van der Waals surface area contributed by atoms with Crippen LogP contribution in [0.1, 0.15) is 61.3 Å². The van der Waals surface area contributed by atoms with Crippen LogP contribution in [0.2, 0.25) is 0 Å². The average Bonchev–Trinajstić information content (AvgIpc) is 3.20. The number of aromatic nitrogens is 5. The van der Waals surface area contributed by atoms with Gasteiger partial charge in [0.15, 0.2) is 5.82 Å². The number of aryl methyl sites for hydroxylation is 2. The summed E-state index contributed by atoms with van der Waals surface area (Å²) in [6, 6.07) is -0.195. The van der Waals surface area contributed by atoms with E-state index in [1.807, 2.05) is 13.8 Å². The standard InChI is InChI=1S/C18H28N6O/c1-10(2)17(18-19-13(5)21-22-18)20-16(25)8-15-11(3)23-24(12(15)4)9-14-6-7-14/h10,14,17H,6-9H2,1-5H3,(H,20,25)(H,19,21,22). The fourth-order valence-electron chi connectivity index (χ4n) is 3.13. The number of hydrogen-bond donors (Lipinski definition) is 2. The number of carbonyl (C=O) groups excluding carboxylic acids is 1. The highest BCUT2D eigenvalue weighted by atomic mass is 16.1. The third kappa shape index (κ3) is 4.08. The number of rotatable bonds is 7. The van der Waals surface area contributed by atoms with Crippen molar-refractivity contribution in [2.45, 2.75) is 66.5 Å². The smallest absolute Gasteiger partial charge is 0.225 e. The van der Waals surface area contributed by atoms with Crippen LogP contribution in [0.5, 0.6) is 0 Å². The highest BCUT2D eigenvalue weighted by molar-refractivity contribution is 5.79. The van der Waals surface area contributed by atoms with Crippen molar-refractivity contribution in [2.75, 3.05) is 0 Å². The highest BCUT2D eigenvalue weighted by Crippen LogP contribution is 2.31. The van der Waals surface area contributed by atoms with Gasteiger partial charge in [-0.25, -0.2) is 4.98 Å². The van der Waals surface area contributed by atoms with Crippen LogP contribution in [0.15, 0.2) is 0 Å². The Bertz CT molecular complexity index is 756. The lowest BCUT2D eigenvalue weighted by Gasteiger charge is -2.19. The summed E-state index contributed by atoms with van der Waals surface area (Å²) in [5, 5.41) is 14.8. The first-order chi connectivity index (χ1) is 11.8. The van der Waals surface area contributed by atoms with Gasteiger partial charge in [0.05, 0.1) is 18.2 Å². The van der Waals surface area contributed by atoms with Gasteiger partial charge in [0.25, 0.3) is 0 Å². The summed E-state index contributed by atoms with van der Waals surface area (Å²) < 4.78 is 2.06. The van der Waals surface area contributed by atoms with Crippen LogP contribution in [0.3, 0.4) is 0 Å². The van der Waals surface area contributed by atoms with Crippen LogP contribution < -0.4 is 5.32 Å². The largest absolute Gasteiger partial charge is 0.345 e. The Hall–Kier alpha value is -2.18. The van der Waals surface area contributed by atoms with Gasteiger partial charge < -0.3 is 5.32 Å². The number of nitrogens with zero attached hydrogens (tertiary/aromatic N) is 4.